The largest absolute Gasteiger partial charge is 0.386 e. The molecule has 1 aromatic carbocycles. The average Bonchev–Trinajstić information content (AvgIpc) is 3.51. The van der Waals surface area contributed by atoms with E-state index >= 15 is 0 Å². The molecule has 0 amide bonds. The van der Waals surface area contributed by atoms with E-state index in [4.69, 9.17) is 23.7 Å². The number of hydrogen-bond donors (Lipinski definition) is 2. The molecule has 10 rings (SSSR count). The van der Waals surface area contributed by atoms with Crippen molar-refractivity contribution >= 4 is 17.0 Å². The van der Waals surface area contributed by atoms with Crippen molar-refractivity contribution in [2.24, 2.45) is 17.3 Å². The molecule has 2 unspecified atom stereocenters. The third kappa shape index (κ3) is 3.57. The van der Waals surface area contributed by atoms with Crippen LogP contribution in [0.4, 0.5) is 0 Å². The van der Waals surface area contributed by atoms with Crippen molar-refractivity contribution in [2.75, 3.05) is 0 Å². The molecule has 8 aliphatic rings. The van der Waals surface area contributed by atoms with E-state index in [0.717, 1.165) is 37.7 Å². The standard InChI is InChI=1S/C42H55NO6/c1-21(2)17-30-46-32-34(38(7,8)47-30)45-29-14-15-39(9)40(10)23(13-16-41(39,44)42(29)35(32)48-42)19-25-31-24-20-27-26(36(3,4)49-37(27,5)6)18-22(24)11-12-28(31)43-33(25)40/h11-12,17-18,23,27,29-30,32,34-35,43-44H,13-16,19-20H2,1-10H3/t23-,27?,29?,30-,32+,34-,35+,39+,40+,41-,42-/m0/s1. The Bertz CT molecular complexity index is 1880. The molecule has 1 aromatic heterocycles. The van der Waals surface area contributed by atoms with E-state index in [1.807, 2.05) is 6.08 Å². The lowest BCUT2D eigenvalue weighted by Gasteiger charge is -2.66. The lowest BCUT2D eigenvalue weighted by molar-refractivity contribution is -0.343. The van der Waals surface area contributed by atoms with Crippen molar-refractivity contribution < 1.29 is 28.8 Å². The molecule has 4 saturated heterocycles. The molecule has 2 saturated carbocycles. The third-order valence-electron chi connectivity index (χ3n) is 15.6. The van der Waals surface area contributed by atoms with Crippen LogP contribution in [-0.2, 0) is 41.9 Å². The summed E-state index contributed by atoms with van der Waals surface area (Å²) in [5.41, 5.74) is 5.89. The molecule has 2 aromatic rings. The van der Waals surface area contributed by atoms with Crippen LogP contribution in [0.1, 0.15) is 117 Å². The maximum absolute atomic E-state index is 13.5. The van der Waals surface area contributed by atoms with E-state index in [-0.39, 0.29) is 41.0 Å². The van der Waals surface area contributed by atoms with Crippen LogP contribution in [0.15, 0.2) is 29.4 Å². The Morgan fingerprint density at radius 1 is 0.878 bits per heavy atom. The SMILES string of the molecule is CC(C)=C[C@H]1O[C@H]2[C@H]3O[C@@]34C(CC[C@@]3(C)[C@@]4(O)CC[C@H]4Cc5c([nH]c6ccc7c(c56)CC5C(=C7)C(C)(C)OC5(C)C)[C@@]43C)O[C@@H]2C(C)(C)O1. The molecule has 49 heavy (non-hydrogen) atoms. The molecule has 7 heteroatoms. The smallest absolute Gasteiger partial charge is 0.178 e. The number of benzene rings is 1. The van der Waals surface area contributed by atoms with Crippen molar-refractivity contribution in [2.45, 2.75) is 172 Å². The number of H-pyrrole nitrogens is 1. The summed E-state index contributed by atoms with van der Waals surface area (Å²) in [6.07, 6.45) is 8.46. The Morgan fingerprint density at radius 3 is 2.41 bits per heavy atom. The van der Waals surface area contributed by atoms with Gasteiger partial charge in [0.25, 0.3) is 0 Å². The lowest BCUT2D eigenvalue weighted by Crippen LogP contribution is -2.77. The molecule has 5 heterocycles. The predicted octanol–water partition coefficient (Wildman–Crippen LogP) is 7.46. The summed E-state index contributed by atoms with van der Waals surface area (Å²) in [6, 6.07) is 4.61. The molecule has 0 bridgehead atoms. The Kier molecular flexibility index (Phi) is 5.91. The van der Waals surface area contributed by atoms with E-state index in [0.29, 0.717) is 18.3 Å². The Labute approximate surface area is 291 Å². The Balaban J connectivity index is 1.06. The number of ether oxygens (including phenoxy) is 5. The van der Waals surface area contributed by atoms with Gasteiger partial charge in [0.1, 0.15) is 23.9 Å². The van der Waals surface area contributed by atoms with Crippen molar-refractivity contribution in [3.05, 3.63) is 51.7 Å². The monoisotopic (exact) mass is 669 g/mol. The minimum absolute atomic E-state index is 0.193. The maximum Gasteiger partial charge on any atom is 0.178 e. The van der Waals surface area contributed by atoms with Crippen LogP contribution in [0.25, 0.3) is 17.0 Å². The van der Waals surface area contributed by atoms with Crippen molar-refractivity contribution in [1.82, 2.24) is 4.98 Å². The van der Waals surface area contributed by atoms with Crippen LogP contribution >= 0.6 is 0 Å². The van der Waals surface area contributed by atoms with E-state index in [1.54, 1.807) is 0 Å². The van der Waals surface area contributed by atoms with Crippen LogP contribution in [0.3, 0.4) is 0 Å². The summed E-state index contributed by atoms with van der Waals surface area (Å²) in [6.45, 7) is 22.2. The molecular formula is C42H55NO6. The minimum atomic E-state index is -1.06. The quantitative estimate of drug-likeness (QED) is 0.242. The van der Waals surface area contributed by atoms with E-state index in [1.165, 1.54) is 38.9 Å². The van der Waals surface area contributed by atoms with E-state index in [2.05, 4.69) is 92.4 Å². The number of aromatic amines is 1. The molecule has 4 aliphatic heterocycles. The number of aromatic nitrogens is 1. The molecule has 11 atom stereocenters. The molecule has 0 radical (unpaired) electrons. The van der Waals surface area contributed by atoms with Gasteiger partial charge in [-0.1, -0.05) is 31.6 Å². The zero-order valence-electron chi connectivity index (χ0n) is 31.1. The summed E-state index contributed by atoms with van der Waals surface area (Å²) >= 11 is 0. The number of fused-ring (bicyclic) bond motifs is 12. The zero-order chi connectivity index (χ0) is 34.5. The Morgan fingerprint density at radius 2 is 1.65 bits per heavy atom. The van der Waals surface area contributed by atoms with Gasteiger partial charge in [-0.3, -0.25) is 0 Å². The lowest BCUT2D eigenvalue weighted by atomic mass is 9.40. The van der Waals surface area contributed by atoms with Crippen LogP contribution < -0.4 is 0 Å². The molecule has 7 nitrogen and oxygen atoms in total. The fourth-order valence-corrected chi connectivity index (χ4v) is 13.1. The van der Waals surface area contributed by atoms with Crippen LogP contribution in [0.5, 0.6) is 0 Å². The van der Waals surface area contributed by atoms with Gasteiger partial charge in [-0.15, -0.1) is 0 Å². The second kappa shape index (κ2) is 9.13. The van der Waals surface area contributed by atoms with Gasteiger partial charge in [0.15, 0.2) is 11.9 Å². The second-order valence-electron chi connectivity index (χ2n) is 19.3. The molecular weight excluding hydrogens is 614 g/mol. The third-order valence-corrected chi connectivity index (χ3v) is 15.6. The zero-order valence-corrected chi connectivity index (χ0v) is 31.1. The van der Waals surface area contributed by atoms with Gasteiger partial charge in [0.05, 0.1) is 22.9 Å². The fourth-order valence-electron chi connectivity index (χ4n) is 13.1. The van der Waals surface area contributed by atoms with Gasteiger partial charge in [-0.2, -0.15) is 0 Å². The minimum Gasteiger partial charge on any atom is -0.386 e. The number of epoxide rings is 1. The second-order valence-corrected chi connectivity index (χ2v) is 19.3. The van der Waals surface area contributed by atoms with Crippen LogP contribution in [0, 0.1) is 17.3 Å². The number of aliphatic hydroxyl groups is 1. The van der Waals surface area contributed by atoms with Gasteiger partial charge < -0.3 is 33.8 Å². The number of hydrogen-bond acceptors (Lipinski definition) is 6. The molecule has 4 aliphatic carbocycles. The first kappa shape index (κ1) is 31.7. The summed E-state index contributed by atoms with van der Waals surface area (Å²) < 4.78 is 33.6. The van der Waals surface area contributed by atoms with E-state index in [9.17, 15) is 5.11 Å². The Hall–Kier alpha value is -2.00. The van der Waals surface area contributed by atoms with Gasteiger partial charge in [-0.05, 0) is 134 Å². The van der Waals surface area contributed by atoms with Crippen LogP contribution in [-0.4, -0.2) is 68.8 Å². The fraction of sp³-hybridized carbons (Fsp3) is 0.714. The summed E-state index contributed by atoms with van der Waals surface area (Å²) in [4.78, 5) is 4.03. The maximum atomic E-state index is 13.5. The molecule has 6 fully saturated rings. The molecule has 264 valence electrons. The van der Waals surface area contributed by atoms with Crippen molar-refractivity contribution in [3.8, 4) is 0 Å². The highest BCUT2D eigenvalue weighted by molar-refractivity contribution is 5.93. The van der Waals surface area contributed by atoms with Gasteiger partial charge >= 0.3 is 0 Å². The summed E-state index contributed by atoms with van der Waals surface area (Å²) in [5.74, 6) is 0.803. The predicted molar refractivity (Wildman–Crippen MR) is 188 cm³/mol. The first-order valence-electron chi connectivity index (χ1n) is 19.0. The normalized spacial score (nSPS) is 47.3. The number of nitrogens with one attached hydrogen (secondary N) is 1. The topological polar surface area (TPSA) is 85.5 Å². The summed E-state index contributed by atoms with van der Waals surface area (Å²) in [5, 5.41) is 14.9. The van der Waals surface area contributed by atoms with Gasteiger partial charge in [0.2, 0.25) is 0 Å². The van der Waals surface area contributed by atoms with Crippen molar-refractivity contribution in [1.29, 1.82) is 0 Å². The van der Waals surface area contributed by atoms with Crippen molar-refractivity contribution in [3.63, 3.8) is 0 Å². The first-order valence-corrected chi connectivity index (χ1v) is 19.0. The highest BCUT2D eigenvalue weighted by atomic mass is 16.8. The molecule has 2 N–H and O–H groups in total. The summed E-state index contributed by atoms with van der Waals surface area (Å²) in [7, 11) is 0. The van der Waals surface area contributed by atoms with Crippen LogP contribution in [0.2, 0.25) is 0 Å². The highest BCUT2D eigenvalue weighted by Crippen LogP contribution is 2.75. The number of allylic oxidation sites excluding steroid dienone is 1. The van der Waals surface area contributed by atoms with E-state index < -0.39 is 28.5 Å². The molecule has 1 spiro atoms. The number of rotatable bonds is 1. The van der Waals surface area contributed by atoms with Gasteiger partial charge in [0, 0.05) is 33.3 Å². The highest BCUT2D eigenvalue weighted by Gasteiger charge is 2.87. The van der Waals surface area contributed by atoms with Gasteiger partial charge in [-0.25, -0.2) is 0 Å². The first-order chi connectivity index (χ1) is 22.9. The average molecular weight is 670 g/mol.